The van der Waals surface area contributed by atoms with Crippen LogP contribution in [0.1, 0.15) is 25.7 Å². The van der Waals surface area contributed by atoms with Gasteiger partial charge in [-0.05, 0) is 25.7 Å². The van der Waals surface area contributed by atoms with Crippen molar-refractivity contribution in [3.05, 3.63) is 0 Å². The standard InChI is InChI=1S/C16H24N4O4/c21-13-11(3-1-5-17-13)15(23)19-7-9-20(10-8-19)16(24)12-4-2-6-18-14(12)22/h11-12H,1-10H2,(H,17,21)(H,18,22)/t11-,12+. The van der Waals surface area contributed by atoms with E-state index in [0.29, 0.717) is 52.1 Å². The van der Waals surface area contributed by atoms with Gasteiger partial charge >= 0.3 is 0 Å². The normalized spacial score (nSPS) is 28.2. The minimum absolute atomic E-state index is 0.144. The van der Waals surface area contributed by atoms with Gasteiger partial charge in [0.1, 0.15) is 11.8 Å². The number of amides is 4. The van der Waals surface area contributed by atoms with E-state index in [1.165, 1.54) is 0 Å². The van der Waals surface area contributed by atoms with Gasteiger partial charge in [-0.3, -0.25) is 19.2 Å². The maximum Gasteiger partial charge on any atom is 0.235 e. The fourth-order valence-electron chi connectivity index (χ4n) is 3.60. The highest BCUT2D eigenvalue weighted by molar-refractivity contribution is 6.02. The number of carbonyl (C=O) groups excluding carboxylic acids is 4. The molecule has 8 nitrogen and oxygen atoms in total. The third-order valence-corrected chi connectivity index (χ3v) is 5.07. The highest BCUT2D eigenvalue weighted by Crippen LogP contribution is 2.19. The summed E-state index contributed by atoms with van der Waals surface area (Å²) in [5.41, 5.74) is 0. The number of piperidine rings is 2. The Hall–Kier alpha value is -2.12. The van der Waals surface area contributed by atoms with E-state index >= 15 is 0 Å². The lowest BCUT2D eigenvalue weighted by molar-refractivity contribution is -0.151. The van der Waals surface area contributed by atoms with Crippen LogP contribution in [0.4, 0.5) is 0 Å². The van der Waals surface area contributed by atoms with E-state index in [4.69, 9.17) is 0 Å². The van der Waals surface area contributed by atoms with E-state index in [0.717, 1.165) is 12.8 Å². The lowest BCUT2D eigenvalue weighted by Gasteiger charge is -2.38. The molecule has 3 heterocycles. The molecule has 2 atom stereocenters. The van der Waals surface area contributed by atoms with E-state index in [-0.39, 0.29) is 23.6 Å². The zero-order chi connectivity index (χ0) is 17.1. The van der Waals surface area contributed by atoms with Gasteiger partial charge < -0.3 is 20.4 Å². The number of carbonyl (C=O) groups is 4. The molecule has 0 unspecified atom stereocenters. The van der Waals surface area contributed by atoms with Gasteiger partial charge in [0.05, 0.1) is 0 Å². The Labute approximate surface area is 140 Å². The zero-order valence-electron chi connectivity index (χ0n) is 13.8. The topological polar surface area (TPSA) is 98.8 Å². The molecular weight excluding hydrogens is 312 g/mol. The molecule has 2 N–H and O–H groups in total. The molecule has 24 heavy (non-hydrogen) atoms. The first-order chi connectivity index (χ1) is 11.6. The first kappa shape index (κ1) is 16.7. The van der Waals surface area contributed by atoms with Gasteiger partial charge in [0.15, 0.2) is 0 Å². The predicted molar refractivity (Wildman–Crippen MR) is 84.6 cm³/mol. The SMILES string of the molecule is O=C1NCCC[C@H]1C(=O)N1CCN(C(=O)[C@H]2CCCNC2=O)CC1. The molecule has 0 bridgehead atoms. The molecule has 3 fully saturated rings. The Morgan fingerprint density at radius 1 is 0.750 bits per heavy atom. The minimum Gasteiger partial charge on any atom is -0.355 e. The molecule has 4 amide bonds. The van der Waals surface area contributed by atoms with Crippen LogP contribution in [0.5, 0.6) is 0 Å². The second-order valence-corrected chi connectivity index (χ2v) is 6.62. The number of hydrogen-bond donors (Lipinski definition) is 2. The third kappa shape index (κ3) is 3.37. The van der Waals surface area contributed by atoms with Crippen LogP contribution in [0.25, 0.3) is 0 Å². The van der Waals surface area contributed by atoms with Crippen LogP contribution in [0, 0.1) is 11.8 Å². The first-order valence-corrected chi connectivity index (χ1v) is 8.71. The number of piperazine rings is 1. The monoisotopic (exact) mass is 336 g/mol. The van der Waals surface area contributed by atoms with Gasteiger partial charge in [0.25, 0.3) is 0 Å². The number of nitrogens with one attached hydrogen (secondary N) is 2. The Morgan fingerprint density at radius 3 is 1.46 bits per heavy atom. The second kappa shape index (κ2) is 7.19. The molecule has 8 heteroatoms. The molecule has 132 valence electrons. The van der Waals surface area contributed by atoms with Crippen LogP contribution >= 0.6 is 0 Å². The van der Waals surface area contributed by atoms with E-state index < -0.39 is 11.8 Å². The second-order valence-electron chi connectivity index (χ2n) is 6.62. The number of hydrogen-bond acceptors (Lipinski definition) is 4. The fourth-order valence-corrected chi connectivity index (χ4v) is 3.60. The quantitative estimate of drug-likeness (QED) is 0.613. The Morgan fingerprint density at radius 2 is 1.12 bits per heavy atom. The minimum atomic E-state index is -0.592. The maximum atomic E-state index is 12.5. The van der Waals surface area contributed by atoms with E-state index in [2.05, 4.69) is 10.6 Å². The van der Waals surface area contributed by atoms with Crippen molar-refractivity contribution in [2.75, 3.05) is 39.3 Å². The molecule has 0 aliphatic carbocycles. The molecule has 3 rings (SSSR count). The van der Waals surface area contributed by atoms with Crippen LogP contribution < -0.4 is 10.6 Å². The summed E-state index contributed by atoms with van der Waals surface area (Å²) in [6.45, 7) is 2.94. The van der Waals surface area contributed by atoms with Gasteiger partial charge in [0.2, 0.25) is 23.6 Å². The average molecular weight is 336 g/mol. The van der Waals surface area contributed by atoms with Crippen LogP contribution in [0.3, 0.4) is 0 Å². The summed E-state index contributed by atoms with van der Waals surface area (Å²) in [5, 5.41) is 5.46. The van der Waals surface area contributed by atoms with Gasteiger partial charge in [0, 0.05) is 39.3 Å². The van der Waals surface area contributed by atoms with Crippen molar-refractivity contribution < 1.29 is 19.2 Å². The molecule has 3 aliphatic rings. The average Bonchev–Trinajstić information content (AvgIpc) is 2.61. The van der Waals surface area contributed by atoms with E-state index in [1.807, 2.05) is 0 Å². The lowest BCUT2D eigenvalue weighted by atomic mass is 9.96. The Bertz CT molecular complexity index is 494. The van der Waals surface area contributed by atoms with Crippen molar-refractivity contribution in [1.82, 2.24) is 20.4 Å². The zero-order valence-corrected chi connectivity index (χ0v) is 13.8. The summed E-state index contributed by atoms with van der Waals surface area (Å²) in [5.74, 6) is -1.85. The van der Waals surface area contributed by atoms with Crippen LogP contribution in [0.2, 0.25) is 0 Å². The Balaban J connectivity index is 1.53. The molecular formula is C16H24N4O4. The lowest BCUT2D eigenvalue weighted by Crippen LogP contribution is -2.56. The largest absolute Gasteiger partial charge is 0.355 e. The highest BCUT2D eigenvalue weighted by atomic mass is 16.2. The van der Waals surface area contributed by atoms with Gasteiger partial charge in [-0.1, -0.05) is 0 Å². The van der Waals surface area contributed by atoms with Crippen molar-refractivity contribution in [2.45, 2.75) is 25.7 Å². The molecule has 0 aromatic carbocycles. The number of nitrogens with zero attached hydrogens (tertiary/aromatic N) is 2. The van der Waals surface area contributed by atoms with Crippen molar-refractivity contribution in [1.29, 1.82) is 0 Å². The predicted octanol–water partition coefficient (Wildman–Crippen LogP) is -1.29. The van der Waals surface area contributed by atoms with Crippen LogP contribution in [-0.4, -0.2) is 72.7 Å². The molecule has 0 aromatic heterocycles. The molecule has 0 spiro atoms. The van der Waals surface area contributed by atoms with Crippen molar-refractivity contribution in [2.24, 2.45) is 11.8 Å². The van der Waals surface area contributed by atoms with Crippen molar-refractivity contribution in [3.63, 3.8) is 0 Å². The highest BCUT2D eigenvalue weighted by Gasteiger charge is 2.37. The third-order valence-electron chi connectivity index (χ3n) is 5.07. The van der Waals surface area contributed by atoms with Crippen LogP contribution in [-0.2, 0) is 19.2 Å². The molecule has 0 aromatic rings. The summed E-state index contributed by atoms with van der Waals surface area (Å²) >= 11 is 0. The molecule has 0 saturated carbocycles. The van der Waals surface area contributed by atoms with E-state index in [9.17, 15) is 19.2 Å². The summed E-state index contributed by atoms with van der Waals surface area (Å²) in [7, 11) is 0. The summed E-state index contributed by atoms with van der Waals surface area (Å²) in [6, 6.07) is 0. The summed E-state index contributed by atoms with van der Waals surface area (Å²) < 4.78 is 0. The Kier molecular flexibility index (Phi) is 5.01. The molecule has 3 saturated heterocycles. The van der Waals surface area contributed by atoms with Gasteiger partial charge in [-0.25, -0.2) is 0 Å². The maximum absolute atomic E-state index is 12.5. The van der Waals surface area contributed by atoms with E-state index in [1.54, 1.807) is 9.80 Å². The summed E-state index contributed by atoms with van der Waals surface area (Å²) in [4.78, 5) is 52.0. The number of rotatable bonds is 2. The molecule has 0 radical (unpaired) electrons. The first-order valence-electron chi connectivity index (χ1n) is 8.71. The van der Waals surface area contributed by atoms with Gasteiger partial charge in [-0.2, -0.15) is 0 Å². The fraction of sp³-hybridized carbons (Fsp3) is 0.750. The van der Waals surface area contributed by atoms with Crippen molar-refractivity contribution in [3.8, 4) is 0 Å². The molecule has 3 aliphatic heterocycles. The van der Waals surface area contributed by atoms with Crippen molar-refractivity contribution >= 4 is 23.6 Å². The summed E-state index contributed by atoms with van der Waals surface area (Å²) in [6.07, 6.45) is 2.81. The smallest absolute Gasteiger partial charge is 0.235 e. The van der Waals surface area contributed by atoms with Gasteiger partial charge in [-0.15, -0.1) is 0 Å². The van der Waals surface area contributed by atoms with Crippen LogP contribution in [0.15, 0.2) is 0 Å².